The molecule has 1 aromatic carbocycles. The first-order chi connectivity index (χ1) is 8.70. The van der Waals surface area contributed by atoms with Gasteiger partial charge in [-0.1, -0.05) is 43.7 Å². The molecular formula is C16H22ClN. The second-order valence-electron chi connectivity index (χ2n) is 5.20. The van der Waals surface area contributed by atoms with Gasteiger partial charge in [-0.25, -0.2) is 0 Å². The summed E-state index contributed by atoms with van der Waals surface area (Å²) in [7, 11) is 0. The van der Waals surface area contributed by atoms with Crippen molar-refractivity contribution in [1.82, 2.24) is 5.32 Å². The third kappa shape index (κ3) is 3.37. The maximum Gasteiger partial charge on any atom is 0.0457 e. The summed E-state index contributed by atoms with van der Waals surface area (Å²) in [6.45, 7) is 6.25. The maximum absolute atomic E-state index is 6.35. The normalized spacial score (nSPS) is 19.7. The maximum atomic E-state index is 6.35. The molecule has 1 aliphatic rings. The number of nitrogens with one attached hydrogen (secondary N) is 1. The van der Waals surface area contributed by atoms with E-state index in [-0.39, 0.29) is 0 Å². The standard InChI is InChI=1S/C16H22ClN/c1-3-18-11-15-9-8-14(10-16(15)17)13-6-4-12(2)5-7-13/h6,8-10,12,18H,3-5,7,11H2,1-2H3. The van der Waals surface area contributed by atoms with Gasteiger partial charge in [0.1, 0.15) is 0 Å². The molecule has 18 heavy (non-hydrogen) atoms. The Morgan fingerprint density at radius 1 is 1.39 bits per heavy atom. The van der Waals surface area contributed by atoms with Crippen LogP contribution >= 0.6 is 11.6 Å². The number of hydrogen-bond donors (Lipinski definition) is 1. The molecule has 0 saturated heterocycles. The first kappa shape index (κ1) is 13.6. The second kappa shape index (κ2) is 6.40. The Labute approximate surface area is 115 Å². The van der Waals surface area contributed by atoms with Crippen LogP contribution in [0.3, 0.4) is 0 Å². The quantitative estimate of drug-likeness (QED) is 0.834. The number of rotatable bonds is 4. The van der Waals surface area contributed by atoms with E-state index in [1.165, 1.54) is 36.0 Å². The molecule has 0 saturated carbocycles. The Bertz CT molecular complexity index is 437. The average molecular weight is 264 g/mol. The van der Waals surface area contributed by atoms with Crippen LogP contribution in [-0.2, 0) is 6.54 Å². The Morgan fingerprint density at radius 3 is 2.83 bits per heavy atom. The molecule has 98 valence electrons. The van der Waals surface area contributed by atoms with Gasteiger partial charge in [0.05, 0.1) is 0 Å². The van der Waals surface area contributed by atoms with E-state index in [0.717, 1.165) is 24.0 Å². The number of hydrogen-bond acceptors (Lipinski definition) is 1. The number of allylic oxidation sites excluding steroid dienone is 2. The fraction of sp³-hybridized carbons (Fsp3) is 0.500. The molecule has 1 nitrogen and oxygen atoms in total. The first-order valence-corrected chi connectivity index (χ1v) is 7.27. The van der Waals surface area contributed by atoms with Crippen molar-refractivity contribution < 1.29 is 0 Å². The van der Waals surface area contributed by atoms with Crippen LogP contribution in [0.25, 0.3) is 5.57 Å². The Hall–Kier alpha value is -0.790. The minimum absolute atomic E-state index is 0.831. The van der Waals surface area contributed by atoms with Crippen molar-refractivity contribution in [3.8, 4) is 0 Å². The zero-order chi connectivity index (χ0) is 13.0. The third-order valence-corrected chi connectivity index (χ3v) is 4.01. The van der Waals surface area contributed by atoms with Gasteiger partial charge in [0.15, 0.2) is 0 Å². The lowest BCUT2D eigenvalue weighted by atomic mass is 9.87. The second-order valence-corrected chi connectivity index (χ2v) is 5.60. The van der Waals surface area contributed by atoms with Crippen LogP contribution in [0.4, 0.5) is 0 Å². The Balaban J connectivity index is 2.13. The van der Waals surface area contributed by atoms with Gasteiger partial charge in [-0.3, -0.25) is 0 Å². The van der Waals surface area contributed by atoms with Gasteiger partial charge in [0, 0.05) is 11.6 Å². The van der Waals surface area contributed by atoms with Crippen LogP contribution < -0.4 is 5.32 Å². The van der Waals surface area contributed by atoms with Crippen LogP contribution in [0, 0.1) is 5.92 Å². The van der Waals surface area contributed by atoms with Gasteiger partial charge < -0.3 is 5.32 Å². The minimum Gasteiger partial charge on any atom is -0.313 e. The Morgan fingerprint density at radius 2 is 2.22 bits per heavy atom. The molecular weight excluding hydrogens is 242 g/mol. The van der Waals surface area contributed by atoms with Gasteiger partial charge in [-0.15, -0.1) is 0 Å². The van der Waals surface area contributed by atoms with Gasteiger partial charge in [0.2, 0.25) is 0 Å². The molecule has 0 amide bonds. The van der Waals surface area contributed by atoms with Crippen molar-refractivity contribution in [1.29, 1.82) is 0 Å². The summed E-state index contributed by atoms with van der Waals surface area (Å²) in [6, 6.07) is 6.48. The van der Waals surface area contributed by atoms with E-state index in [1.54, 1.807) is 0 Å². The minimum atomic E-state index is 0.831. The highest BCUT2D eigenvalue weighted by Gasteiger charge is 2.12. The third-order valence-electron chi connectivity index (χ3n) is 3.66. The zero-order valence-corrected chi connectivity index (χ0v) is 12.1. The number of benzene rings is 1. The van der Waals surface area contributed by atoms with Crippen LogP contribution in [-0.4, -0.2) is 6.54 Å². The van der Waals surface area contributed by atoms with Gasteiger partial charge in [-0.2, -0.15) is 0 Å². The molecule has 0 radical (unpaired) electrons. The SMILES string of the molecule is CCNCc1ccc(C2=CCC(C)CC2)cc1Cl. The molecule has 0 heterocycles. The lowest BCUT2D eigenvalue weighted by Crippen LogP contribution is -2.12. The van der Waals surface area contributed by atoms with Crippen LogP contribution in [0.2, 0.25) is 5.02 Å². The smallest absolute Gasteiger partial charge is 0.0457 e. The summed E-state index contributed by atoms with van der Waals surface area (Å²) in [5, 5.41) is 4.19. The molecule has 0 spiro atoms. The molecule has 1 aromatic rings. The molecule has 1 N–H and O–H groups in total. The summed E-state index contributed by atoms with van der Waals surface area (Å²) < 4.78 is 0. The van der Waals surface area contributed by atoms with Crippen molar-refractivity contribution in [3.05, 3.63) is 40.4 Å². The van der Waals surface area contributed by atoms with E-state index in [9.17, 15) is 0 Å². The van der Waals surface area contributed by atoms with Crippen molar-refractivity contribution in [3.63, 3.8) is 0 Å². The molecule has 2 heteroatoms. The molecule has 0 aliphatic heterocycles. The van der Waals surface area contributed by atoms with E-state index in [1.807, 2.05) is 0 Å². The first-order valence-electron chi connectivity index (χ1n) is 6.89. The van der Waals surface area contributed by atoms with E-state index in [0.29, 0.717) is 0 Å². The highest BCUT2D eigenvalue weighted by molar-refractivity contribution is 6.31. The molecule has 2 rings (SSSR count). The topological polar surface area (TPSA) is 12.0 Å². The summed E-state index contributed by atoms with van der Waals surface area (Å²) in [4.78, 5) is 0. The molecule has 0 bridgehead atoms. The zero-order valence-electron chi connectivity index (χ0n) is 11.3. The molecule has 1 unspecified atom stereocenters. The lowest BCUT2D eigenvalue weighted by molar-refractivity contribution is 0.534. The highest BCUT2D eigenvalue weighted by atomic mass is 35.5. The summed E-state index contributed by atoms with van der Waals surface area (Å²) in [5.41, 5.74) is 3.95. The van der Waals surface area contributed by atoms with Gasteiger partial charge >= 0.3 is 0 Å². The van der Waals surface area contributed by atoms with E-state index in [2.05, 4.69) is 43.4 Å². The fourth-order valence-electron chi connectivity index (χ4n) is 2.38. The predicted octanol–water partition coefficient (Wildman–Crippen LogP) is 4.65. The number of halogens is 1. The van der Waals surface area contributed by atoms with Gasteiger partial charge in [0.25, 0.3) is 0 Å². The van der Waals surface area contributed by atoms with Crippen LogP contribution in [0.1, 0.15) is 44.2 Å². The van der Waals surface area contributed by atoms with Crippen LogP contribution in [0.5, 0.6) is 0 Å². The van der Waals surface area contributed by atoms with Crippen molar-refractivity contribution >= 4 is 17.2 Å². The molecule has 1 atom stereocenters. The molecule has 0 fully saturated rings. The van der Waals surface area contributed by atoms with Crippen molar-refractivity contribution in [2.24, 2.45) is 5.92 Å². The molecule has 1 aliphatic carbocycles. The average Bonchev–Trinajstić information content (AvgIpc) is 2.38. The largest absolute Gasteiger partial charge is 0.313 e. The fourth-order valence-corrected chi connectivity index (χ4v) is 2.62. The van der Waals surface area contributed by atoms with E-state index < -0.39 is 0 Å². The summed E-state index contributed by atoms with van der Waals surface area (Å²) in [5.74, 6) is 0.831. The van der Waals surface area contributed by atoms with E-state index >= 15 is 0 Å². The van der Waals surface area contributed by atoms with Crippen molar-refractivity contribution in [2.75, 3.05) is 6.54 Å². The molecule has 0 aromatic heterocycles. The highest BCUT2D eigenvalue weighted by Crippen LogP contribution is 2.31. The Kier molecular flexibility index (Phi) is 4.85. The van der Waals surface area contributed by atoms with Crippen LogP contribution in [0.15, 0.2) is 24.3 Å². The predicted molar refractivity (Wildman–Crippen MR) is 79.8 cm³/mol. The monoisotopic (exact) mass is 263 g/mol. The summed E-state index contributed by atoms with van der Waals surface area (Å²) in [6.07, 6.45) is 6.06. The summed E-state index contributed by atoms with van der Waals surface area (Å²) >= 11 is 6.35. The van der Waals surface area contributed by atoms with Gasteiger partial charge in [-0.05, 0) is 54.5 Å². The lowest BCUT2D eigenvalue weighted by Gasteiger charge is -2.19. The van der Waals surface area contributed by atoms with Crippen molar-refractivity contribution in [2.45, 2.75) is 39.7 Å². The van der Waals surface area contributed by atoms with E-state index in [4.69, 9.17) is 11.6 Å².